The number of nitrogens with one attached hydrogen (secondary N) is 1. The summed E-state index contributed by atoms with van der Waals surface area (Å²) in [7, 11) is -2.61. The minimum absolute atomic E-state index is 0.00393. The molecule has 3 aliphatic rings. The second-order valence-electron chi connectivity index (χ2n) is 6.84. The van der Waals surface area contributed by atoms with Gasteiger partial charge in [0, 0.05) is 23.3 Å². The van der Waals surface area contributed by atoms with Gasteiger partial charge in [-0.05, 0) is 34.4 Å². The van der Waals surface area contributed by atoms with Crippen LogP contribution in [-0.4, -0.2) is 53.6 Å². The third-order valence-corrected chi connectivity index (χ3v) is 10.4. The predicted molar refractivity (Wildman–Crippen MR) is 122 cm³/mol. The third-order valence-electron chi connectivity index (χ3n) is 5.07. The highest BCUT2D eigenvalue weighted by molar-refractivity contribution is 14.2. The van der Waals surface area contributed by atoms with E-state index < -0.39 is 47.4 Å². The highest BCUT2D eigenvalue weighted by Gasteiger charge is 2.58. The molecular formula is C18H17ClFIN4O4S. The van der Waals surface area contributed by atoms with Crippen LogP contribution in [0.3, 0.4) is 0 Å². The number of halogens is 3. The van der Waals surface area contributed by atoms with Gasteiger partial charge in [0.25, 0.3) is 5.91 Å². The standard InChI is InChI=1S/C18H17ClFIN4O4S/c1-25-17(22)24-18(9-29-8-15(18)30(25,27)28)12-6-11(3-4-13(12)20)23-16(26)14-5-2-10(19)7-21-14/h2-7,15H,8-9H2,1H3,(H2,22,24)(H,23,26)/t15-,18-/m0/s1. The first-order valence-corrected chi connectivity index (χ1v) is 12.9. The number of nitrogens with two attached hydrogens (primary N) is 1. The number of sulfonamides is 1. The number of aliphatic imine (C=N–C) groups is 1. The second kappa shape index (κ2) is 7.70. The summed E-state index contributed by atoms with van der Waals surface area (Å²) < 4.78 is 49.3. The van der Waals surface area contributed by atoms with E-state index in [0.717, 1.165) is 4.31 Å². The normalized spacial score (nSPS) is 27.4. The molecule has 0 bridgehead atoms. The molecule has 0 radical (unpaired) electrons. The van der Waals surface area contributed by atoms with Crippen LogP contribution in [0.15, 0.2) is 44.5 Å². The number of carbonyl (C=O) groups excluding carboxylic acids is 1. The maximum absolute atomic E-state index is 14.9. The number of nitrogens with zero attached hydrogens (tertiary/aromatic N) is 2. The highest BCUT2D eigenvalue weighted by Crippen LogP contribution is 2.44. The largest absolute Gasteiger partial charge is 0.377 e. The Bertz CT molecular complexity index is 1170. The summed E-state index contributed by atoms with van der Waals surface area (Å²) in [5, 5.41) is 2.19. The number of rotatable bonds is 3. The molecule has 0 aliphatic carbocycles. The van der Waals surface area contributed by atoms with Gasteiger partial charge in [-0.15, -0.1) is 0 Å². The molecule has 1 fully saturated rings. The summed E-state index contributed by atoms with van der Waals surface area (Å²) in [4.78, 5) is 16.9. The molecule has 0 aromatic heterocycles. The first kappa shape index (κ1) is 21.4. The van der Waals surface area contributed by atoms with Gasteiger partial charge in [0.2, 0.25) is 16.0 Å². The number of allylic oxidation sites excluding steroid dienone is 2. The number of ether oxygens (including phenoxy) is 1. The fourth-order valence-corrected chi connectivity index (χ4v) is 7.16. The van der Waals surface area contributed by atoms with E-state index in [0.29, 0.717) is 14.2 Å². The molecule has 0 spiro atoms. The maximum atomic E-state index is 14.9. The van der Waals surface area contributed by atoms with E-state index in [-0.39, 0.29) is 30.6 Å². The van der Waals surface area contributed by atoms with Gasteiger partial charge in [0.05, 0.1) is 16.7 Å². The lowest BCUT2D eigenvalue weighted by Gasteiger charge is -2.38. The molecule has 2 atom stereocenters. The van der Waals surface area contributed by atoms with Crippen molar-refractivity contribution in [2.75, 3.05) is 25.6 Å². The van der Waals surface area contributed by atoms with Crippen molar-refractivity contribution in [1.29, 1.82) is 0 Å². The molecule has 1 aromatic carbocycles. The van der Waals surface area contributed by atoms with Crippen molar-refractivity contribution >= 4 is 63.4 Å². The van der Waals surface area contributed by atoms with Crippen LogP contribution in [0.1, 0.15) is 5.56 Å². The van der Waals surface area contributed by atoms with E-state index >= 15 is 0 Å². The van der Waals surface area contributed by atoms with Crippen molar-refractivity contribution < 1.29 is 22.3 Å². The Balaban J connectivity index is 1.74. The van der Waals surface area contributed by atoms with Crippen LogP contribution in [0.25, 0.3) is 0 Å². The summed E-state index contributed by atoms with van der Waals surface area (Å²) in [5.41, 5.74) is 4.63. The van der Waals surface area contributed by atoms with Gasteiger partial charge < -0.3 is 15.8 Å². The number of anilines is 1. The molecule has 1 aromatic rings. The van der Waals surface area contributed by atoms with Gasteiger partial charge in [-0.25, -0.2) is 22.1 Å². The summed E-state index contributed by atoms with van der Waals surface area (Å²) >= 11 is 5.21. The fraction of sp³-hybridized carbons (Fsp3) is 0.278. The monoisotopic (exact) mass is 566 g/mol. The van der Waals surface area contributed by atoms with E-state index in [4.69, 9.17) is 22.1 Å². The lowest BCUT2D eigenvalue weighted by Crippen LogP contribution is -2.57. The van der Waals surface area contributed by atoms with Gasteiger partial charge in [0.15, 0.2) is 0 Å². The van der Waals surface area contributed by atoms with E-state index in [9.17, 15) is 17.6 Å². The molecule has 0 unspecified atom stereocenters. The molecule has 4 rings (SSSR count). The molecule has 0 saturated carbocycles. The minimum Gasteiger partial charge on any atom is -0.377 e. The zero-order valence-electron chi connectivity index (χ0n) is 15.6. The lowest BCUT2D eigenvalue weighted by molar-refractivity contribution is -0.110. The Hall–Kier alpha value is -1.83. The molecule has 12 heteroatoms. The lowest BCUT2D eigenvalue weighted by atomic mass is 9.88. The van der Waals surface area contributed by atoms with Gasteiger partial charge in [-0.2, -0.15) is 0 Å². The van der Waals surface area contributed by atoms with Crippen LogP contribution < -0.4 is 11.1 Å². The van der Waals surface area contributed by atoms with Gasteiger partial charge in [-0.1, -0.05) is 32.3 Å². The first-order valence-electron chi connectivity index (χ1n) is 8.71. The smallest absolute Gasteiger partial charge is 0.261 e. The predicted octanol–water partition coefficient (Wildman–Crippen LogP) is 1.74. The van der Waals surface area contributed by atoms with Crippen LogP contribution in [0.5, 0.6) is 0 Å². The number of guanidine groups is 1. The maximum Gasteiger partial charge on any atom is 0.261 e. The Kier molecular flexibility index (Phi) is 5.49. The molecule has 3 N–H and O–H groups in total. The Morgan fingerprint density at radius 3 is 2.93 bits per heavy atom. The van der Waals surface area contributed by atoms with Gasteiger partial charge in [-0.3, -0.25) is 4.79 Å². The van der Waals surface area contributed by atoms with Gasteiger partial charge in [0.1, 0.15) is 16.6 Å². The van der Waals surface area contributed by atoms with Crippen LogP contribution in [-0.2, 0) is 25.1 Å². The molecular weight excluding hydrogens is 550 g/mol. The fourth-order valence-electron chi connectivity index (χ4n) is 3.48. The number of benzene rings is 1. The van der Waals surface area contributed by atoms with Gasteiger partial charge >= 0.3 is 0 Å². The quantitative estimate of drug-likeness (QED) is 0.541. The first-order chi connectivity index (χ1) is 14.1. The van der Waals surface area contributed by atoms with Crippen molar-refractivity contribution in [1.82, 2.24) is 4.31 Å². The Morgan fingerprint density at radius 1 is 1.47 bits per heavy atom. The van der Waals surface area contributed by atoms with Crippen LogP contribution >= 0.6 is 32.3 Å². The number of hydrogen-bond donors (Lipinski definition) is 2. The second-order valence-corrected chi connectivity index (χ2v) is 11.8. The van der Waals surface area contributed by atoms with Crippen LogP contribution in [0, 0.1) is 5.82 Å². The van der Waals surface area contributed by atoms with E-state index in [1.807, 2.05) is 4.08 Å². The number of fused-ring (bicyclic) bond motifs is 1. The third kappa shape index (κ3) is 3.47. The summed E-state index contributed by atoms with van der Waals surface area (Å²) in [6.45, 7) is -0.283. The van der Waals surface area contributed by atoms with Crippen molar-refractivity contribution in [3.63, 3.8) is 0 Å². The summed E-state index contributed by atoms with van der Waals surface area (Å²) in [6.07, 6.45) is 3.29. The Labute approximate surface area is 187 Å². The summed E-state index contributed by atoms with van der Waals surface area (Å²) in [6, 6.07) is 3.96. The minimum atomic E-state index is -3.90. The Morgan fingerprint density at radius 2 is 2.23 bits per heavy atom. The average Bonchev–Trinajstić information content (AvgIpc) is 3.14. The number of hydrogen-bond acceptors (Lipinski definition) is 6. The summed E-state index contributed by atoms with van der Waals surface area (Å²) in [5.74, 6) is -1.23. The molecule has 3 heterocycles. The highest BCUT2D eigenvalue weighted by atomic mass is 127. The van der Waals surface area contributed by atoms with Crippen molar-refractivity contribution in [2.45, 2.75) is 10.8 Å². The van der Waals surface area contributed by atoms with Crippen molar-refractivity contribution in [3.05, 3.63) is 50.8 Å². The van der Waals surface area contributed by atoms with Crippen LogP contribution in [0.4, 0.5) is 10.1 Å². The topological polar surface area (TPSA) is 114 Å². The van der Waals surface area contributed by atoms with Crippen molar-refractivity contribution in [3.8, 4) is 0 Å². The molecule has 30 heavy (non-hydrogen) atoms. The number of amides is 1. The van der Waals surface area contributed by atoms with E-state index in [2.05, 4.69) is 10.3 Å². The number of carbonyl (C=O) groups is 1. The SMILES string of the molecule is CN1C(N)=N[C@]2(c3cc(NC(=O)C4=IC=C(Cl)C=C4)ccc3F)COC[C@@H]2S1(=O)=O. The van der Waals surface area contributed by atoms with Crippen molar-refractivity contribution in [2.24, 2.45) is 10.7 Å². The zero-order valence-corrected chi connectivity index (χ0v) is 19.3. The van der Waals surface area contributed by atoms with E-state index in [1.54, 1.807) is 12.2 Å². The van der Waals surface area contributed by atoms with Crippen LogP contribution in [0.2, 0.25) is 0 Å². The molecule has 3 aliphatic heterocycles. The van der Waals surface area contributed by atoms with E-state index in [1.165, 1.54) is 25.2 Å². The molecule has 160 valence electrons. The molecule has 1 saturated heterocycles. The average molecular weight is 567 g/mol. The molecule has 8 nitrogen and oxygen atoms in total. The molecule has 1 amide bonds. The zero-order chi connectivity index (χ0) is 21.7.